The molecule has 0 nitrogen and oxygen atoms in total. The molecule has 0 saturated heterocycles. The molecule has 1 aliphatic rings. The Morgan fingerprint density at radius 2 is 1.35 bits per heavy atom. The molecule has 0 heterocycles. The third-order valence-corrected chi connectivity index (χ3v) is 8.81. The summed E-state index contributed by atoms with van der Waals surface area (Å²) >= 11 is 7.24. The number of rotatable bonds is 3. The van der Waals surface area contributed by atoms with Crippen molar-refractivity contribution >= 4 is 28.8 Å². The molecule has 0 aromatic heterocycles. The standard InChI is InChI=1S/C18H14ClSi/c19-20(16-10-4-1-5-11-16,17-12-6-2-7-13-17)18-14-8-3-9-15-18/h1-2,4-15H/q+1. The van der Waals surface area contributed by atoms with Crippen LogP contribution in [0.1, 0.15) is 0 Å². The van der Waals surface area contributed by atoms with E-state index in [0.29, 0.717) is 0 Å². The number of halogens is 1. The van der Waals surface area contributed by atoms with Crippen LogP contribution in [0, 0.1) is 6.08 Å². The van der Waals surface area contributed by atoms with Gasteiger partial charge in [0.25, 0.3) is 7.38 Å². The molecule has 0 saturated carbocycles. The van der Waals surface area contributed by atoms with Gasteiger partial charge in [0, 0.05) is 18.2 Å². The minimum Gasteiger partial charge on any atom is -0.146 e. The Morgan fingerprint density at radius 3 is 1.80 bits per heavy atom. The second-order valence-electron chi connectivity index (χ2n) is 4.68. The van der Waals surface area contributed by atoms with Gasteiger partial charge in [-0.25, -0.2) is 0 Å². The van der Waals surface area contributed by atoms with Gasteiger partial charge in [-0.05, 0) is 10.4 Å². The normalized spacial score (nSPS) is 13.8. The zero-order chi connectivity index (χ0) is 13.8. The predicted molar refractivity (Wildman–Crippen MR) is 88.8 cm³/mol. The van der Waals surface area contributed by atoms with Crippen LogP contribution in [0.2, 0.25) is 0 Å². The number of hydrogen-bond donors (Lipinski definition) is 0. The van der Waals surface area contributed by atoms with Crippen molar-refractivity contribution < 1.29 is 0 Å². The molecule has 0 aliphatic heterocycles. The molecule has 96 valence electrons. The molecule has 2 heteroatoms. The molecule has 0 fully saturated rings. The van der Waals surface area contributed by atoms with E-state index in [1.165, 1.54) is 15.6 Å². The van der Waals surface area contributed by atoms with Crippen LogP contribution >= 0.6 is 11.1 Å². The molecule has 1 aliphatic carbocycles. The fourth-order valence-corrected chi connectivity index (χ4v) is 6.52. The largest absolute Gasteiger partial charge is 0.277 e. The van der Waals surface area contributed by atoms with E-state index in [2.05, 4.69) is 66.8 Å². The molecule has 0 unspecified atom stereocenters. The first kappa shape index (κ1) is 13.1. The van der Waals surface area contributed by atoms with Gasteiger partial charge in [-0.2, -0.15) is 0 Å². The first-order chi connectivity index (χ1) is 9.82. The molecular weight excluding hydrogens is 280 g/mol. The van der Waals surface area contributed by atoms with E-state index in [4.69, 9.17) is 11.1 Å². The molecule has 20 heavy (non-hydrogen) atoms. The highest BCUT2D eigenvalue weighted by atomic mass is 35.6. The summed E-state index contributed by atoms with van der Waals surface area (Å²) in [5.74, 6) is 0. The van der Waals surface area contributed by atoms with Gasteiger partial charge < -0.3 is 0 Å². The Balaban J connectivity index is 2.21. The molecule has 3 rings (SSSR count). The maximum absolute atomic E-state index is 7.24. The Morgan fingerprint density at radius 1 is 0.800 bits per heavy atom. The number of benzene rings is 2. The van der Waals surface area contributed by atoms with Gasteiger partial charge in [0.05, 0.1) is 5.20 Å². The lowest BCUT2D eigenvalue weighted by Crippen LogP contribution is -2.55. The highest BCUT2D eigenvalue weighted by Gasteiger charge is 2.42. The minimum absolute atomic E-state index is 1.19. The Labute approximate surface area is 125 Å². The summed E-state index contributed by atoms with van der Waals surface area (Å²) in [6.07, 6.45) is 11.1. The van der Waals surface area contributed by atoms with Crippen LogP contribution in [0.3, 0.4) is 0 Å². The van der Waals surface area contributed by atoms with Crippen LogP contribution in [0.4, 0.5) is 0 Å². The van der Waals surface area contributed by atoms with Crippen LogP contribution in [-0.2, 0) is 0 Å². The van der Waals surface area contributed by atoms with E-state index in [9.17, 15) is 0 Å². The molecule has 0 bridgehead atoms. The fourth-order valence-electron chi connectivity index (χ4n) is 2.45. The maximum Gasteiger partial charge on any atom is 0.277 e. The van der Waals surface area contributed by atoms with Crippen LogP contribution < -0.4 is 10.4 Å². The lowest BCUT2D eigenvalue weighted by atomic mass is 10.3. The first-order valence-electron chi connectivity index (χ1n) is 6.58. The van der Waals surface area contributed by atoms with Crippen molar-refractivity contribution in [1.82, 2.24) is 0 Å². The van der Waals surface area contributed by atoms with Crippen LogP contribution in [0.15, 0.2) is 90.2 Å². The Bertz CT molecular complexity index is 630. The Hall–Kier alpha value is -1.92. The van der Waals surface area contributed by atoms with Crippen molar-refractivity contribution in [3.8, 4) is 0 Å². The highest BCUT2D eigenvalue weighted by Crippen LogP contribution is 2.23. The van der Waals surface area contributed by atoms with E-state index < -0.39 is 7.38 Å². The van der Waals surface area contributed by atoms with Crippen LogP contribution in [0.25, 0.3) is 0 Å². The average Bonchev–Trinajstić information content (AvgIpc) is 2.56. The van der Waals surface area contributed by atoms with E-state index in [-0.39, 0.29) is 0 Å². The molecule has 2 aromatic rings. The predicted octanol–water partition coefficient (Wildman–Crippen LogP) is 3.38. The summed E-state index contributed by atoms with van der Waals surface area (Å²) in [5.41, 5.74) is 0. The lowest BCUT2D eigenvalue weighted by molar-refractivity contribution is 1.65. The number of allylic oxidation sites excluding steroid dienone is 6. The molecular formula is C18H14ClSi+. The summed E-state index contributed by atoms with van der Waals surface area (Å²) in [4.78, 5) is 0. The molecule has 0 atom stereocenters. The zero-order valence-corrected chi connectivity index (χ0v) is 12.7. The van der Waals surface area contributed by atoms with Gasteiger partial charge in [-0.15, -0.1) is 11.1 Å². The van der Waals surface area contributed by atoms with Gasteiger partial charge in [-0.3, -0.25) is 0 Å². The van der Waals surface area contributed by atoms with Gasteiger partial charge in [0.2, 0.25) is 0 Å². The van der Waals surface area contributed by atoms with Crippen molar-refractivity contribution in [2.24, 2.45) is 0 Å². The van der Waals surface area contributed by atoms with Crippen LogP contribution in [-0.4, -0.2) is 7.38 Å². The topological polar surface area (TPSA) is 0 Å². The summed E-state index contributed by atoms with van der Waals surface area (Å²) in [5, 5.41) is 3.61. The second-order valence-corrected chi connectivity index (χ2v) is 9.43. The fraction of sp³-hybridized carbons (Fsp3) is 0. The summed E-state index contributed by atoms with van der Waals surface area (Å²) in [6.45, 7) is 0. The lowest BCUT2D eigenvalue weighted by Gasteiger charge is -2.24. The molecule has 2 aromatic carbocycles. The second kappa shape index (κ2) is 5.60. The quantitative estimate of drug-likeness (QED) is 0.462. The maximum atomic E-state index is 7.24. The minimum atomic E-state index is -2.43. The van der Waals surface area contributed by atoms with Crippen molar-refractivity contribution in [3.63, 3.8) is 0 Å². The van der Waals surface area contributed by atoms with Gasteiger partial charge >= 0.3 is 0 Å². The Kier molecular flexibility index (Phi) is 3.66. The highest BCUT2D eigenvalue weighted by molar-refractivity contribution is 7.37. The van der Waals surface area contributed by atoms with Crippen molar-refractivity contribution in [2.45, 2.75) is 0 Å². The van der Waals surface area contributed by atoms with Crippen molar-refractivity contribution in [1.29, 1.82) is 0 Å². The van der Waals surface area contributed by atoms with Gasteiger partial charge in [0.1, 0.15) is 12.2 Å². The van der Waals surface area contributed by atoms with E-state index in [1.807, 2.05) is 24.3 Å². The summed E-state index contributed by atoms with van der Waals surface area (Å²) in [6, 6.07) is 20.8. The average molecular weight is 294 g/mol. The molecule has 0 radical (unpaired) electrons. The zero-order valence-electron chi connectivity index (χ0n) is 11.0. The third-order valence-electron chi connectivity index (χ3n) is 3.46. The van der Waals surface area contributed by atoms with Crippen molar-refractivity contribution in [3.05, 3.63) is 96.2 Å². The van der Waals surface area contributed by atoms with Crippen LogP contribution in [0.5, 0.6) is 0 Å². The molecule has 0 N–H and O–H groups in total. The SMILES string of the molecule is Cl[Si](C1=CC=[C+]C=C1)(c1ccccc1)c1ccccc1. The molecule has 0 spiro atoms. The molecule has 0 amide bonds. The van der Waals surface area contributed by atoms with Gasteiger partial charge in [-0.1, -0.05) is 60.7 Å². The van der Waals surface area contributed by atoms with E-state index in [1.54, 1.807) is 0 Å². The summed E-state index contributed by atoms with van der Waals surface area (Å²) in [7, 11) is -2.43. The van der Waals surface area contributed by atoms with E-state index in [0.717, 1.165) is 0 Å². The first-order valence-corrected chi connectivity index (χ1v) is 9.59. The van der Waals surface area contributed by atoms with E-state index >= 15 is 0 Å². The third kappa shape index (κ3) is 2.28. The smallest absolute Gasteiger partial charge is 0.146 e. The number of hydrogen-bond acceptors (Lipinski definition) is 0. The summed E-state index contributed by atoms with van der Waals surface area (Å²) < 4.78 is 0. The van der Waals surface area contributed by atoms with Gasteiger partial charge in [0.15, 0.2) is 0 Å². The monoisotopic (exact) mass is 293 g/mol. The van der Waals surface area contributed by atoms with Crippen molar-refractivity contribution in [2.75, 3.05) is 0 Å².